The number of rotatable bonds is 5. The van der Waals surface area contributed by atoms with Gasteiger partial charge in [-0.15, -0.1) is 11.3 Å². The van der Waals surface area contributed by atoms with Gasteiger partial charge in [-0.3, -0.25) is 4.79 Å². The van der Waals surface area contributed by atoms with E-state index in [-0.39, 0.29) is 11.5 Å². The number of H-pyrrole nitrogens is 1. The Balaban J connectivity index is 1.70. The standard InChI is InChI=1S/C26H27ClN2O4S/c1-14(13-28-25(31)33-26(2,3)4)15-6-8-16(9-7-15)20-19(32-5)12-18(27)22-21(20)17-10-11-34-23(17)24(30)29-22/h6-12,14H,13H2,1-5H3,(H,28,31)(H,29,30)/t14-/m0/s1. The summed E-state index contributed by atoms with van der Waals surface area (Å²) in [5, 5.41) is 6.86. The van der Waals surface area contributed by atoms with E-state index in [1.165, 1.54) is 11.3 Å². The van der Waals surface area contributed by atoms with Crippen LogP contribution in [0.25, 0.3) is 32.1 Å². The molecule has 1 atom stereocenters. The van der Waals surface area contributed by atoms with Crippen LogP contribution in [0.4, 0.5) is 4.79 Å². The zero-order chi connectivity index (χ0) is 24.6. The molecule has 0 aliphatic rings. The monoisotopic (exact) mass is 498 g/mol. The molecule has 34 heavy (non-hydrogen) atoms. The number of carbonyl (C=O) groups is 1. The lowest BCUT2D eigenvalue weighted by Gasteiger charge is -2.21. The Morgan fingerprint density at radius 1 is 1.21 bits per heavy atom. The van der Waals surface area contributed by atoms with Crippen LogP contribution in [0.1, 0.15) is 39.2 Å². The molecule has 0 radical (unpaired) electrons. The second kappa shape index (κ2) is 9.31. The van der Waals surface area contributed by atoms with Gasteiger partial charge in [0.1, 0.15) is 16.1 Å². The van der Waals surface area contributed by atoms with Gasteiger partial charge >= 0.3 is 6.09 Å². The van der Waals surface area contributed by atoms with E-state index in [4.69, 9.17) is 21.1 Å². The van der Waals surface area contributed by atoms with E-state index < -0.39 is 11.7 Å². The summed E-state index contributed by atoms with van der Waals surface area (Å²) in [5.74, 6) is 0.717. The molecule has 2 aromatic heterocycles. The number of aromatic nitrogens is 1. The highest BCUT2D eigenvalue weighted by atomic mass is 35.5. The van der Waals surface area contributed by atoms with E-state index in [9.17, 15) is 9.59 Å². The van der Waals surface area contributed by atoms with Crippen LogP contribution in [0.15, 0.2) is 46.6 Å². The Kier molecular flexibility index (Phi) is 6.60. The van der Waals surface area contributed by atoms with Crippen molar-refractivity contribution in [2.24, 2.45) is 0 Å². The first-order valence-electron chi connectivity index (χ1n) is 11.0. The molecule has 0 saturated carbocycles. The van der Waals surface area contributed by atoms with Crippen LogP contribution >= 0.6 is 22.9 Å². The van der Waals surface area contributed by atoms with Crippen molar-refractivity contribution in [3.63, 3.8) is 0 Å². The van der Waals surface area contributed by atoms with Crippen LogP contribution in [0.2, 0.25) is 5.02 Å². The number of carbonyl (C=O) groups excluding carboxylic acids is 1. The molecule has 4 rings (SSSR count). The van der Waals surface area contributed by atoms with E-state index >= 15 is 0 Å². The highest BCUT2D eigenvalue weighted by Crippen LogP contribution is 2.43. The number of pyridine rings is 1. The minimum absolute atomic E-state index is 0.0883. The molecule has 8 heteroatoms. The fourth-order valence-corrected chi connectivity index (χ4v) is 5.00. The average molecular weight is 499 g/mol. The van der Waals surface area contributed by atoms with Gasteiger partial charge in [0.05, 0.1) is 17.6 Å². The number of hydrogen-bond acceptors (Lipinski definition) is 5. The first-order chi connectivity index (χ1) is 16.1. The number of methoxy groups -OCH3 is 1. The quantitative estimate of drug-likeness (QED) is 0.321. The number of aromatic amines is 1. The van der Waals surface area contributed by atoms with Crippen LogP contribution in [-0.2, 0) is 4.74 Å². The van der Waals surface area contributed by atoms with Gasteiger partial charge < -0.3 is 19.8 Å². The van der Waals surface area contributed by atoms with Crippen molar-refractivity contribution in [2.75, 3.05) is 13.7 Å². The molecule has 2 aromatic carbocycles. The number of fused-ring (bicyclic) bond motifs is 3. The lowest BCUT2D eigenvalue weighted by atomic mass is 9.94. The van der Waals surface area contributed by atoms with Crippen LogP contribution in [0, 0.1) is 0 Å². The van der Waals surface area contributed by atoms with Crippen LogP contribution < -0.4 is 15.6 Å². The first kappa shape index (κ1) is 24.1. The van der Waals surface area contributed by atoms with Gasteiger partial charge in [0, 0.05) is 28.9 Å². The summed E-state index contributed by atoms with van der Waals surface area (Å²) < 4.78 is 11.7. The molecule has 2 heterocycles. The number of hydrogen-bond donors (Lipinski definition) is 2. The van der Waals surface area contributed by atoms with Gasteiger partial charge in [-0.25, -0.2) is 4.79 Å². The number of alkyl carbamates (subject to hydrolysis) is 1. The molecule has 0 unspecified atom stereocenters. The minimum atomic E-state index is -0.534. The van der Waals surface area contributed by atoms with E-state index in [1.807, 2.05) is 63.4 Å². The van der Waals surface area contributed by atoms with Gasteiger partial charge in [-0.2, -0.15) is 0 Å². The molecule has 6 nitrogen and oxygen atoms in total. The smallest absolute Gasteiger partial charge is 0.407 e. The molecule has 0 fully saturated rings. The molecular weight excluding hydrogens is 472 g/mol. The molecule has 0 saturated heterocycles. The number of benzene rings is 2. The molecule has 2 N–H and O–H groups in total. The maximum atomic E-state index is 12.5. The van der Waals surface area contributed by atoms with Gasteiger partial charge in [0.2, 0.25) is 0 Å². The SMILES string of the molecule is COc1cc(Cl)c2[nH]c(=O)c3sccc3c2c1-c1ccc([C@@H](C)CNC(=O)OC(C)(C)C)cc1. The van der Waals surface area contributed by atoms with Gasteiger partial charge in [0.15, 0.2) is 0 Å². The Morgan fingerprint density at radius 2 is 1.91 bits per heavy atom. The van der Waals surface area contributed by atoms with Crippen LogP contribution in [0.3, 0.4) is 0 Å². The number of amides is 1. The van der Waals surface area contributed by atoms with Crippen LogP contribution in [0.5, 0.6) is 5.75 Å². The topological polar surface area (TPSA) is 80.4 Å². The number of ether oxygens (including phenoxy) is 2. The lowest BCUT2D eigenvalue weighted by molar-refractivity contribution is 0.0525. The third-order valence-electron chi connectivity index (χ3n) is 5.56. The second-order valence-electron chi connectivity index (χ2n) is 9.21. The summed E-state index contributed by atoms with van der Waals surface area (Å²) >= 11 is 7.91. The minimum Gasteiger partial charge on any atom is -0.496 e. The van der Waals surface area contributed by atoms with E-state index in [2.05, 4.69) is 10.3 Å². The molecule has 4 aromatic rings. The number of thiophene rings is 1. The maximum absolute atomic E-state index is 12.5. The summed E-state index contributed by atoms with van der Waals surface area (Å²) in [6, 6.07) is 11.8. The summed E-state index contributed by atoms with van der Waals surface area (Å²) in [5.41, 5.74) is 2.78. The third-order valence-corrected chi connectivity index (χ3v) is 6.77. The Hall–Kier alpha value is -3.03. The highest BCUT2D eigenvalue weighted by Gasteiger charge is 2.20. The predicted molar refractivity (Wildman–Crippen MR) is 140 cm³/mol. The van der Waals surface area contributed by atoms with Crippen molar-refractivity contribution in [3.8, 4) is 16.9 Å². The molecule has 1 amide bonds. The fourth-order valence-electron chi connectivity index (χ4n) is 3.97. The fraction of sp³-hybridized carbons (Fsp3) is 0.308. The Labute approximate surface area is 206 Å². The second-order valence-corrected chi connectivity index (χ2v) is 10.5. The van der Waals surface area contributed by atoms with Crippen molar-refractivity contribution >= 4 is 50.0 Å². The summed E-state index contributed by atoms with van der Waals surface area (Å²) in [4.78, 5) is 27.5. The zero-order valence-corrected chi connectivity index (χ0v) is 21.3. The maximum Gasteiger partial charge on any atom is 0.407 e. The highest BCUT2D eigenvalue weighted by molar-refractivity contribution is 7.17. The van der Waals surface area contributed by atoms with Crippen molar-refractivity contribution < 1.29 is 14.3 Å². The van der Waals surface area contributed by atoms with E-state index in [1.54, 1.807) is 13.2 Å². The summed E-state index contributed by atoms with van der Waals surface area (Å²) in [7, 11) is 1.61. The molecule has 0 spiro atoms. The first-order valence-corrected chi connectivity index (χ1v) is 12.2. The largest absolute Gasteiger partial charge is 0.496 e. The van der Waals surface area contributed by atoms with E-state index in [0.29, 0.717) is 27.5 Å². The normalized spacial score (nSPS) is 12.6. The summed E-state index contributed by atoms with van der Waals surface area (Å²) in [6.45, 7) is 8.01. The predicted octanol–water partition coefficient (Wildman–Crippen LogP) is 6.70. The number of nitrogens with one attached hydrogen (secondary N) is 2. The summed E-state index contributed by atoms with van der Waals surface area (Å²) in [6.07, 6.45) is -0.429. The Bertz CT molecular complexity index is 1420. The van der Waals surface area contributed by atoms with E-state index in [0.717, 1.165) is 27.5 Å². The lowest BCUT2D eigenvalue weighted by Crippen LogP contribution is -2.34. The van der Waals surface area contributed by atoms with Gasteiger partial charge in [-0.1, -0.05) is 42.8 Å². The Morgan fingerprint density at radius 3 is 2.56 bits per heavy atom. The molecule has 0 bridgehead atoms. The molecule has 0 aliphatic carbocycles. The van der Waals surface area contributed by atoms with Gasteiger partial charge in [0.25, 0.3) is 5.56 Å². The van der Waals surface area contributed by atoms with Crippen molar-refractivity contribution in [1.82, 2.24) is 10.3 Å². The average Bonchev–Trinajstić information content (AvgIpc) is 3.28. The van der Waals surface area contributed by atoms with Crippen molar-refractivity contribution in [3.05, 3.63) is 62.7 Å². The van der Waals surface area contributed by atoms with Crippen LogP contribution in [-0.4, -0.2) is 30.3 Å². The molecular formula is C26H27ClN2O4S. The molecule has 178 valence electrons. The van der Waals surface area contributed by atoms with Crippen molar-refractivity contribution in [2.45, 2.75) is 39.2 Å². The number of halogens is 1. The van der Waals surface area contributed by atoms with Gasteiger partial charge in [-0.05, 0) is 49.3 Å². The van der Waals surface area contributed by atoms with Crippen molar-refractivity contribution in [1.29, 1.82) is 0 Å². The zero-order valence-electron chi connectivity index (χ0n) is 19.7. The third kappa shape index (κ3) is 4.76. The molecule has 0 aliphatic heterocycles.